The van der Waals surface area contributed by atoms with E-state index in [1.807, 2.05) is 14.2 Å². The molecule has 0 aromatic rings. The van der Waals surface area contributed by atoms with Crippen LogP contribution in [0.25, 0.3) is 0 Å². The Morgan fingerprint density at radius 2 is 1.82 bits per heavy atom. The Hall–Kier alpha value is 1.30. The summed E-state index contributed by atoms with van der Waals surface area (Å²) in [6.07, 6.45) is 0. The van der Waals surface area contributed by atoms with Gasteiger partial charge in [-0.25, -0.2) is 0 Å². The first kappa shape index (κ1) is 12.3. The molecule has 0 atom stereocenters. The van der Waals surface area contributed by atoms with Gasteiger partial charge >= 0.3 is 75.3 Å². The van der Waals surface area contributed by atoms with Crippen LogP contribution < -0.4 is 0 Å². The molecule has 0 heterocycles. The third kappa shape index (κ3) is 7.65. The van der Waals surface area contributed by atoms with Gasteiger partial charge in [-0.15, -0.1) is 0 Å². The number of phosphoric acid groups is 1. The van der Waals surface area contributed by atoms with Gasteiger partial charge in [0.25, 0.3) is 0 Å². The average molecular weight is 335 g/mol. The Balaban J connectivity index is 4.37. The van der Waals surface area contributed by atoms with Crippen molar-refractivity contribution >= 4 is 43.1 Å². The van der Waals surface area contributed by atoms with Crippen molar-refractivity contribution in [2.45, 2.75) is 0 Å². The molecular formula is H5NO6P2Se2. The molecule has 0 spiro atoms. The van der Waals surface area contributed by atoms with Crippen molar-refractivity contribution in [3.8, 4) is 0 Å². The van der Waals surface area contributed by atoms with Crippen LogP contribution in [0.3, 0.4) is 0 Å². The van der Waals surface area contributed by atoms with Gasteiger partial charge < -0.3 is 0 Å². The summed E-state index contributed by atoms with van der Waals surface area (Å²) in [4.78, 5) is 33.5. The molecule has 0 saturated heterocycles. The molecule has 11 heavy (non-hydrogen) atoms. The first-order valence-electron chi connectivity index (χ1n) is 1.91. The Morgan fingerprint density at radius 1 is 1.36 bits per heavy atom. The quantitative estimate of drug-likeness (QED) is 0.367. The molecule has 0 aromatic carbocycles. The third-order valence-corrected chi connectivity index (χ3v) is 6.56. The SMILES string of the molecule is O=P(O)(O)OP(O)(O)=N[Se][SeH]. The van der Waals surface area contributed by atoms with Gasteiger partial charge in [0.1, 0.15) is 0 Å². The maximum absolute atomic E-state index is 10.0. The van der Waals surface area contributed by atoms with Crippen molar-refractivity contribution in [1.82, 2.24) is 0 Å². The summed E-state index contributed by atoms with van der Waals surface area (Å²) in [5.41, 5.74) is 0. The van der Waals surface area contributed by atoms with Crippen LogP contribution in [0.1, 0.15) is 0 Å². The molecule has 4 N–H and O–H groups in total. The van der Waals surface area contributed by atoms with Gasteiger partial charge in [-0.3, -0.25) is 0 Å². The number of hydrogen-bond donors (Lipinski definition) is 4. The zero-order valence-corrected chi connectivity index (χ0v) is 10.2. The fourth-order valence-electron chi connectivity index (χ4n) is 0.205. The number of rotatable bonds is 3. The predicted molar refractivity (Wildman–Crippen MR) is 39.8 cm³/mol. The van der Waals surface area contributed by atoms with Crippen LogP contribution in [-0.4, -0.2) is 47.1 Å². The third-order valence-electron chi connectivity index (χ3n) is 0.359. The summed E-state index contributed by atoms with van der Waals surface area (Å²) in [5, 5.41) is 0. The van der Waals surface area contributed by atoms with Crippen LogP contribution in [-0.2, 0) is 8.88 Å². The standard InChI is InChI=1S/H5NO6P2Se2/c2-8(3,1-11-10)7-9(4,5)6/h2-3,10H,(H2,4,5,6). The van der Waals surface area contributed by atoms with E-state index in [-0.39, 0.29) is 0 Å². The first-order chi connectivity index (χ1) is 4.77. The molecule has 0 rings (SSSR count). The van der Waals surface area contributed by atoms with E-state index < -0.39 is 28.9 Å². The van der Waals surface area contributed by atoms with Crippen LogP contribution >= 0.6 is 15.6 Å². The minimum atomic E-state index is -4.86. The van der Waals surface area contributed by atoms with E-state index in [2.05, 4.69) is 8.07 Å². The van der Waals surface area contributed by atoms with E-state index in [1.165, 1.54) is 0 Å². The van der Waals surface area contributed by atoms with Crippen LogP contribution in [0.2, 0.25) is 0 Å². The van der Waals surface area contributed by atoms with E-state index in [0.29, 0.717) is 0 Å². The van der Waals surface area contributed by atoms with Gasteiger partial charge in [0.2, 0.25) is 0 Å². The molecule has 0 fully saturated rings. The van der Waals surface area contributed by atoms with Gasteiger partial charge in [-0.1, -0.05) is 0 Å². The summed E-state index contributed by atoms with van der Waals surface area (Å²) < 4.78 is 16.7. The van der Waals surface area contributed by atoms with E-state index >= 15 is 0 Å². The Kier molecular flexibility index (Phi) is 5.04. The molecular weight excluding hydrogens is 330 g/mol. The van der Waals surface area contributed by atoms with Gasteiger partial charge in [0.05, 0.1) is 0 Å². The molecule has 0 aliphatic carbocycles. The van der Waals surface area contributed by atoms with E-state index in [1.54, 1.807) is 0 Å². The van der Waals surface area contributed by atoms with E-state index in [0.717, 1.165) is 0 Å². The second-order valence-electron chi connectivity index (χ2n) is 1.25. The molecule has 7 nitrogen and oxygen atoms in total. The zero-order valence-electron chi connectivity index (χ0n) is 4.80. The zero-order chi connectivity index (χ0) is 9.12. The van der Waals surface area contributed by atoms with Crippen LogP contribution in [0.5, 0.6) is 0 Å². The Labute approximate surface area is 75.4 Å². The normalized spacial score (nSPS) is 13.2. The average Bonchev–Trinajstić information content (AvgIpc) is 1.55. The summed E-state index contributed by atoms with van der Waals surface area (Å²) in [7, 11) is -9.05. The molecule has 0 aliphatic rings. The van der Waals surface area contributed by atoms with Crippen molar-refractivity contribution in [2.24, 2.45) is 3.76 Å². The molecule has 0 amide bonds. The monoisotopic (exact) mass is 337 g/mol. The molecule has 0 saturated carbocycles. The molecule has 68 valence electrons. The fourth-order valence-corrected chi connectivity index (χ4v) is 5.83. The summed E-state index contributed by atoms with van der Waals surface area (Å²) in [5.74, 6) is 0. The number of nitrogens with zero attached hydrogens (tertiary/aromatic N) is 1. The van der Waals surface area contributed by atoms with Crippen molar-refractivity contribution < 1.29 is 28.4 Å². The summed E-state index contributed by atoms with van der Waals surface area (Å²) in [6.45, 7) is 0. The topological polar surface area (TPSA) is 120 Å². The summed E-state index contributed by atoms with van der Waals surface area (Å²) >= 11 is 1.42. The van der Waals surface area contributed by atoms with Crippen molar-refractivity contribution in [1.29, 1.82) is 0 Å². The van der Waals surface area contributed by atoms with Gasteiger partial charge in [0, 0.05) is 0 Å². The second kappa shape index (κ2) is 4.51. The van der Waals surface area contributed by atoms with Crippen molar-refractivity contribution in [3.63, 3.8) is 0 Å². The molecule has 0 aromatic heterocycles. The molecule has 0 aliphatic heterocycles. The van der Waals surface area contributed by atoms with Crippen LogP contribution in [0.4, 0.5) is 0 Å². The van der Waals surface area contributed by atoms with Crippen molar-refractivity contribution in [2.75, 3.05) is 0 Å². The van der Waals surface area contributed by atoms with Crippen LogP contribution in [0.15, 0.2) is 3.76 Å². The molecule has 0 unspecified atom stereocenters. The van der Waals surface area contributed by atoms with Crippen LogP contribution in [0, 0.1) is 0 Å². The number of hydrogen-bond acceptors (Lipinski definition) is 3. The Morgan fingerprint density at radius 3 is 2.09 bits per heavy atom. The molecule has 0 radical (unpaired) electrons. The van der Waals surface area contributed by atoms with Crippen molar-refractivity contribution in [3.05, 3.63) is 0 Å². The van der Waals surface area contributed by atoms with E-state index in [4.69, 9.17) is 19.6 Å². The predicted octanol–water partition coefficient (Wildman–Crippen LogP) is -1.54. The van der Waals surface area contributed by atoms with Gasteiger partial charge in [0.15, 0.2) is 0 Å². The minimum absolute atomic E-state index is 0.528. The van der Waals surface area contributed by atoms with Gasteiger partial charge in [-0.05, 0) is 0 Å². The second-order valence-corrected chi connectivity index (χ2v) is 7.22. The Bertz CT molecular complexity index is 213. The van der Waals surface area contributed by atoms with Gasteiger partial charge in [-0.2, -0.15) is 0 Å². The van der Waals surface area contributed by atoms with E-state index in [9.17, 15) is 4.57 Å². The fraction of sp³-hybridized carbons (Fsp3) is 0. The maximum atomic E-state index is 10.0. The summed E-state index contributed by atoms with van der Waals surface area (Å²) in [6, 6.07) is 0. The first-order valence-corrected chi connectivity index (χ1v) is 10.5. The molecule has 11 heteroatoms. The molecule has 0 bridgehead atoms.